The van der Waals surface area contributed by atoms with Gasteiger partial charge < -0.3 is 9.55 Å². The van der Waals surface area contributed by atoms with Crippen LogP contribution in [0.15, 0.2) is 18.2 Å². The van der Waals surface area contributed by atoms with E-state index in [1.807, 2.05) is 0 Å². The lowest BCUT2D eigenvalue weighted by Gasteiger charge is -2.32. The second kappa shape index (κ2) is 11.4. The number of hydrogen-bond donors (Lipinski definition) is 0. The van der Waals surface area contributed by atoms with E-state index in [1.165, 1.54) is 12.1 Å². The highest BCUT2D eigenvalue weighted by atomic mass is 19.2. The number of benzene rings is 1. The summed E-state index contributed by atoms with van der Waals surface area (Å²) in [7, 11) is 5.05. The SMILES string of the molecule is [B]OC(=O)C(CCCC)CCCN1CCC(Cc2ccc(F)c(F)c2)CC1. The summed E-state index contributed by atoms with van der Waals surface area (Å²) in [5.74, 6) is -1.44. The lowest BCUT2D eigenvalue weighted by Crippen LogP contribution is -2.35. The first-order chi connectivity index (χ1) is 13.0. The van der Waals surface area contributed by atoms with Gasteiger partial charge in [0.15, 0.2) is 11.6 Å². The van der Waals surface area contributed by atoms with E-state index < -0.39 is 11.6 Å². The average molecular weight is 377 g/mol. The van der Waals surface area contributed by atoms with Crippen LogP contribution in [0.2, 0.25) is 0 Å². The minimum atomic E-state index is -0.788. The number of carbonyl (C=O) groups is 1. The lowest BCUT2D eigenvalue weighted by molar-refractivity contribution is -0.139. The lowest BCUT2D eigenvalue weighted by atomic mass is 9.90. The summed E-state index contributed by atoms with van der Waals surface area (Å²) in [5, 5.41) is 0. The van der Waals surface area contributed by atoms with Gasteiger partial charge in [0.25, 0.3) is 5.97 Å². The molecule has 1 heterocycles. The number of halogens is 2. The molecule has 0 N–H and O–H groups in total. The quantitative estimate of drug-likeness (QED) is 0.565. The van der Waals surface area contributed by atoms with Gasteiger partial charge in [0.2, 0.25) is 0 Å². The normalized spacial score (nSPS) is 17.0. The molecule has 1 fully saturated rings. The van der Waals surface area contributed by atoms with E-state index in [4.69, 9.17) is 8.05 Å². The molecule has 0 aromatic heterocycles. The van der Waals surface area contributed by atoms with Crippen LogP contribution in [0.5, 0.6) is 0 Å². The van der Waals surface area contributed by atoms with Crippen LogP contribution in [0.25, 0.3) is 0 Å². The molecule has 0 saturated carbocycles. The van der Waals surface area contributed by atoms with Gasteiger partial charge in [-0.15, -0.1) is 0 Å². The van der Waals surface area contributed by atoms with Crippen LogP contribution in [0.4, 0.5) is 8.78 Å². The van der Waals surface area contributed by atoms with E-state index in [-0.39, 0.29) is 11.9 Å². The van der Waals surface area contributed by atoms with Gasteiger partial charge in [0.1, 0.15) is 0 Å². The maximum absolute atomic E-state index is 13.3. The molecule has 1 aliphatic rings. The standard InChI is InChI=1S/C21H30BF2NO2/c1-2-3-5-18(21(26)27-22)6-4-11-25-12-9-16(10-13-25)14-17-7-8-19(23)20(24)15-17/h7-8,15-16,18H,2-6,9-14H2,1H3. The zero-order valence-electron chi connectivity index (χ0n) is 16.3. The number of rotatable bonds is 10. The summed E-state index contributed by atoms with van der Waals surface area (Å²) in [5.41, 5.74) is 0.867. The number of unbranched alkanes of at least 4 members (excludes halogenated alkanes) is 1. The van der Waals surface area contributed by atoms with Crippen molar-refractivity contribution < 1.29 is 18.2 Å². The zero-order valence-corrected chi connectivity index (χ0v) is 16.3. The molecule has 1 aromatic rings. The van der Waals surface area contributed by atoms with Gasteiger partial charge >= 0.3 is 8.05 Å². The molecule has 1 saturated heterocycles. The van der Waals surface area contributed by atoms with Crippen LogP contribution < -0.4 is 0 Å². The monoisotopic (exact) mass is 377 g/mol. The first-order valence-electron chi connectivity index (χ1n) is 10.1. The van der Waals surface area contributed by atoms with Gasteiger partial charge in [-0.2, -0.15) is 0 Å². The Hall–Kier alpha value is -1.43. The molecule has 0 bridgehead atoms. The molecule has 6 heteroatoms. The van der Waals surface area contributed by atoms with E-state index in [2.05, 4.69) is 16.5 Å². The molecule has 1 atom stereocenters. The summed E-state index contributed by atoms with van der Waals surface area (Å²) in [6, 6.07) is 4.20. The van der Waals surface area contributed by atoms with Crippen LogP contribution in [-0.4, -0.2) is 38.6 Å². The largest absolute Gasteiger partial charge is 0.543 e. The van der Waals surface area contributed by atoms with Gasteiger partial charge in [0.05, 0.1) is 5.92 Å². The minimum Gasteiger partial charge on any atom is -0.543 e. The summed E-state index contributed by atoms with van der Waals surface area (Å²) in [6.07, 6.45) is 7.58. The Morgan fingerprint density at radius 3 is 2.56 bits per heavy atom. The van der Waals surface area contributed by atoms with Crippen LogP contribution in [0.1, 0.15) is 57.4 Å². The molecular weight excluding hydrogens is 347 g/mol. The molecular formula is C21H30BF2NO2. The smallest absolute Gasteiger partial charge is 0.378 e. The van der Waals surface area contributed by atoms with Gasteiger partial charge in [-0.05, 0) is 81.8 Å². The molecule has 27 heavy (non-hydrogen) atoms. The first kappa shape index (κ1) is 21.9. The predicted molar refractivity (Wildman–Crippen MR) is 103 cm³/mol. The third-order valence-corrected chi connectivity index (χ3v) is 5.60. The average Bonchev–Trinajstić information content (AvgIpc) is 2.68. The molecule has 1 unspecified atom stereocenters. The Morgan fingerprint density at radius 1 is 1.22 bits per heavy atom. The van der Waals surface area contributed by atoms with Gasteiger partial charge in [-0.3, -0.25) is 4.79 Å². The highest BCUT2D eigenvalue weighted by Crippen LogP contribution is 2.23. The molecule has 2 rings (SSSR count). The Bertz CT molecular complexity index is 592. The fourth-order valence-electron chi connectivity index (χ4n) is 3.90. The first-order valence-corrected chi connectivity index (χ1v) is 10.1. The van der Waals surface area contributed by atoms with Crippen molar-refractivity contribution in [3.63, 3.8) is 0 Å². The number of piperidine rings is 1. The summed E-state index contributed by atoms with van der Waals surface area (Å²) in [6.45, 7) is 5.10. The van der Waals surface area contributed by atoms with Crippen molar-refractivity contribution in [1.29, 1.82) is 0 Å². The molecule has 2 radical (unpaired) electrons. The second-order valence-electron chi connectivity index (χ2n) is 7.66. The summed E-state index contributed by atoms with van der Waals surface area (Å²) >= 11 is 0. The van der Waals surface area contributed by atoms with Crippen molar-refractivity contribution in [1.82, 2.24) is 4.90 Å². The second-order valence-corrected chi connectivity index (χ2v) is 7.66. The van der Waals surface area contributed by atoms with Crippen molar-refractivity contribution in [2.75, 3.05) is 19.6 Å². The molecule has 1 aromatic carbocycles. The van der Waals surface area contributed by atoms with Crippen molar-refractivity contribution in [3.8, 4) is 0 Å². The summed E-state index contributed by atoms with van der Waals surface area (Å²) < 4.78 is 30.8. The Morgan fingerprint density at radius 2 is 1.93 bits per heavy atom. The van der Waals surface area contributed by atoms with Crippen LogP contribution in [0.3, 0.4) is 0 Å². The minimum absolute atomic E-state index is 0.0964. The number of carbonyl (C=O) groups excluding carboxylic acids is 1. The van der Waals surface area contributed by atoms with Crippen LogP contribution in [0, 0.1) is 23.5 Å². The molecule has 3 nitrogen and oxygen atoms in total. The van der Waals surface area contributed by atoms with Crippen molar-refractivity contribution in [2.24, 2.45) is 11.8 Å². The Kier molecular flexibility index (Phi) is 9.25. The fraction of sp³-hybridized carbons (Fsp3) is 0.667. The molecule has 148 valence electrons. The number of hydrogen-bond acceptors (Lipinski definition) is 3. The maximum atomic E-state index is 13.3. The highest BCUT2D eigenvalue weighted by Gasteiger charge is 2.21. The van der Waals surface area contributed by atoms with Gasteiger partial charge in [-0.1, -0.05) is 25.8 Å². The van der Waals surface area contributed by atoms with E-state index in [9.17, 15) is 13.6 Å². The summed E-state index contributed by atoms with van der Waals surface area (Å²) in [4.78, 5) is 14.2. The molecule has 0 amide bonds. The molecule has 1 aliphatic heterocycles. The number of likely N-dealkylation sites (tertiary alicyclic amines) is 1. The van der Waals surface area contributed by atoms with Crippen molar-refractivity contribution in [2.45, 2.75) is 58.3 Å². The Labute approximate surface area is 162 Å². The topological polar surface area (TPSA) is 29.5 Å². The number of nitrogens with zero attached hydrogens (tertiary/aromatic N) is 1. The predicted octanol–water partition coefficient (Wildman–Crippen LogP) is 4.43. The van der Waals surface area contributed by atoms with Gasteiger partial charge in [0, 0.05) is 0 Å². The third-order valence-electron chi connectivity index (χ3n) is 5.60. The van der Waals surface area contributed by atoms with E-state index in [0.29, 0.717) is 5.92 Å². The van der Waals surface area contributed by atoms with E-state index in [1.54, 1.807) is 6.07 Å². The maximum Gasteiger partial charge on any atom is 0.378 e. The van der Waals surface area contributed by atoms with Crippen LogP contribution in [-0.2, 0) is 15.9 Å². The van der Waals surface area contributed by atoms with Crippen LogP contribution >= 0.6 is 0 Å². The highest BCUT2D eigenvalue weighted by molar-refractivity contribution is 6.05. The third kappa shape index (κ3) is 7.25. The fourth-order valence-corrected chi connectivity index (χ4v) is 3.90. The Balaban J connectivity index is 1.69. The molecule has 0 aliphatic carbocycles. The van der Waals surface area contributed by atoms with E-state index in [0.717, 1.165) is 76.6 Å². The van der Waals surface area contributed by atoms with Gasteiger partial charge in [-0.25, -0.2) is 8.78 Å². The van der Waals surface area contributed by atoms with Crippen molar-refractivity contribution in [3.05, 3.63) is 35.4 Å². The van der Waals surface area contributed by atoms with Crippen molar-refractivity contribution >= 4 is 14.0 Å². The van der Waals surface area contributed by atoms with E-state index >= 15 is 0 Å². The molecule has 0 spiro atoms. The zero-order chi connectivity index (χ0) is 19.6.